The first kappa shape index (κ1) is 16.4. The second-order valence-corrected chi connectivity index (χ2v) is 4.95. The zero-order valence-electron chi connectivity index (χ0n) is 12.3. The van der Waals surface area contributed by atoms with E-state index in [4.69, 9.17) is 0 Å². The molecular formula is C15H9F3N4O3. The van der Waals surface area contributed by atoms with Gasteiger partial charge in [0.2, 0.25) is 0 Å². The molecule has 0 spiro atoms. The number of rotatable bonds is 3. The fourth-order valence-corrected chi connectivity index (χ4v) is 2.10. The molecule has 0 aliphatic heterocycles. The van der Waals surface area contributed by atoms with Crippen LogP contribution in [0.25, 0.3) is 5.65 Å². The molecule has 3 aromatic rings. The second-order valence-electron chi connectivity index (χ2n) is 4.95. The van der Waals surface area contributed by atoms with Gasteiger partial charge in [0.25, 0.3) is 0 Å². The maximum atomic E-state index is 12.9. The minimum absolute atomic E-state index is 0.0183. The van der Waals surface area contributed by atoms with E-state index in [1.165, 1.54) is 24.3 Å². The standard InChI is InChI=1S/C15H9F3N4O3/c16-15(17,18)8-4-5-11-19-12(14(24)25)13(22(11)7-8)21-20-9-2-1-3-10(23)6-9/h1-7,23H,(H,24,25). The van der Waals surface area contributed by atoms with Gasteiger partial charge in [0.05, 0.1) is 11.3 Å². The second kappa shape index (κ2) is 5.89. The molecule has 2 aromatic heterocycles. The lowest BCUT2D eigenvalue weighted by atomic mass is 10.3. The average molecular weight is 350 g/mol. The highest BCUT2D eigenvalue weighted by atomic mass is 19.4. The Bertz CT molecular complexity index is 995. The van der Waals surface area contributed by atoms with Crippen molar-refractivity contribution >= 4 is 23.1 Å². The van der Waals surface area contributed by atoms with Crippen LogP contribution in [0.3, 0.4) is 0 Å². The zero-order chi connectivity index (χ0) is 18.2. The third-order valence-electron chi connectivity index (χ3n) is 3.21. The first-order valence-electron chi connectivity index (χ1n) is 6.79. The van der Waals surface area contributed by atoms with Crippen molar-refractivity contribution in [3.8, 4) is 5.75 Å². The highest BCUT2D eigenvalue weighted by molar-refractivity contribution is 5.91. The summed E-state index contributed by atoms with van der Waals surface area (Å²) in [5, 5.41) is 26.0. The molecule has 10 heteroatoms. The van der Waals surface area contributed by atoms with Gasteiger partial charge < -0.3 is 10.2 Å². The summed E-state index contributed by atoms with van der Waals surface area (Å²) in [5.41, 5.74) is -1.35. The van der Waals surface area contributed by atoms with Gasteiger partial charge in [-0.25, -0.2) is 9.78 Å². The van der Waals surface area contributed by atoms with Crippen LogP contribution in [0.5, 0.6) is 5.75 Å². The molecule has 128 valence electrons. The van der Waals surface area contributed by atoms with Crippen LogP contribution in [-0.4, -0.2) is 25.6 Å². The molecule has 0 saturated heterocycles. The Morgan fingerprint density at radius 3 is 2.56 bits per heavy atom. The van der Waals surface area contributed by atoms with Crippen molar-refractivity contribution in [3.63, 3.8) is 0 Å². The van der Waals surface area contributed by atoms with E-state index in [-0.39, 0.29) is 22.9 Å². The van der Waals surface area contributed by atoms with Gasteiger partial charge in [0.15, 0.2) is 11.5 Å². The van der Waals surface area contributed by atoms with E-state index in [2.05, 4.69) is 15.2 Å². The number of phenols is 1. The molecule has 0 unspecified atom stereocenters. The van der Waals surface area contributed by atoms with E-state index in [0.29, 0.717) is 6.20 Å². The first-order chi connectivity index (χ1) is 11.8. The Kier molecular flexibility index (Phi) is 3.87. The van der Waals surface area contributed by atoms with Crippen LogP contribution in [-0.2, 0) is 6.18 Å². The number of hydrogen-bond acceptors (Lipinski definition) is 5. The Balaban J connectivity index is 2.16. The number of aromatic nitrogens is 2. The number of fused-ring (bicyclic) bond motifs is 1. The molecule has 2 N–H and O–H groups in total. The number of hydrogen-bond donors (Lipinski definition) is 2. The molecule has 7 nitrogen and oxygen atoms in total. The fraction of sp³-hybridized carbons (Fsp3) is 0.0667. The van der Waals surface area contributed by atoms with E-state index < -0.39 is 23.4 Å². The number of benzene rings is 1. The number of halogens is 3. The van der Waals surface area contributed by atoms with Gasteiger partial charge in [0, 0.05) is 12.3 Å². The Morgan fingerprint density at radius 2 is 1.92 bits per heavy atom. The highest BCUT2D eigenvalue weighted by Gasteiger charge is 2.31. The number of alkyl halides is 3. The maximum Gasteiger partial charge on any atom is 0.417 e. The highest BCUT2D eigenvalue weighted by Crippen LogP contribution is 2.32. The molecule has 2 heterocycles. The summed E-state index contributed by atoms with van der Waals surface area (Å²) in [4.78, 5) is 15.1. The lowest BCUT2D eigenvalue weighted by Gasteiger charge is -2.06. The van der Waals surface area contributed by atoms with Crippen molar-refractivity contribution in [2.24, 2.45) is 10.2 Å². The number of pyridine rings is 1. The zero-order valence-corrected chi connectivity index (χ0v) is 12.3. The van der Waals surface area contributed by atoms with Crippen LogP contribution in [0.1, 0.15) is 16.1 Å². The summed E-state index contributed by atoms with van der Waals surface area (Å²) in [6.45, 7) is 0. The van der Waals surface area contributed by atoms with E-state index in [1.807, 2.05) is 0 Å². The number of imidazole rings is 1. The molecule has 0 saturated carbocycles. The summed E-state index contributed by atoms with van der Waals surface area (Å²) in [6, 6.07) is 7.46. The third-order valence-corrected chi connectivity index (χ3v) is 3.21. The number of carboxylic acids is 1. The summed E-state index contributed by atoms with van der Waals surface area (Å²) in [7, 11) is 0. The predicted molar refractivity (Wildman–Crippen MR) is 79.4 cm³/mol. The fourth-order valence-electron chi connectivity index (χ4n) is 2.10. The van der Waals surface area contributed by atoms with Gasteiger partial charge >= 0.3 is 12.1 Å². The largest absolute Gasteiger partial charge is 0.508 e. The summed E-state index contributed by atoms with van der Waals surface area (Å²) in [6.07, 6.45) is -3.91. The topological polar surface area (TPSA) is 99.5 Å². The van der Waals surface area contributed by atoms with E-state index in [9.17, 15) is 28.2 Å². The predicted octanol–water partition coefficient (Wildman–Crippen LogP) is 4.17. The van der Waals surface area contributed by atoms with E-state index in [0.717, 1.165) is 16.5 Å². The number of carboxylic acid groups (broad SMARTS) is 1. The molecule has 0 radical (unpaired) electrons. The lowest BCUT2D eigenvalue weighted by molar-refractivity contribution is -0.137. The molecule has 0 aliphatic carbocycles. The van der Waals surface area contributed by atoms with Crippen molar-refractivity contribution in [1.29, 1.82) is 0 Å². The van der Waals surface area contributed by atoms with E-state index >= 15 is 0 Å². The third kappa shape index (κ3) is 3.27. The van der Waals surface area contributed by atoms with Crippen molar-refractivity contribution in [3.05, 3.63) is 53.9 Å². The number of aromatic hydroxyl groups is 1. The van der Waals surface area contributed by atoms with Gasteiger partial charge in [-0.1, -0.05) is 6.07 Å². The van der Waals surface area contributed by atoms with Crippen molar-refractivity contribution < 1.29 is 28.2 Å². The molecule has 3 rings (SSSR count). The Hall–Kier alpha value is -3.43. The minimum Gasteiger partial charge on any atom is -0.508 e. The number of azo groups is 1. The van der Waals surface area contributed by atoms with Crippen LogP contribution < -0.4 is 0 Å². The van der Waals surface area contributed by atoms with Gasteiger partial charge in [-0.15, -0.1) is 10.2 Å². The van der Waals surface area contributed by atoms with Crippen LogP contribution in [0.4, 0.5) is 24.7 Å². The van der Waals surface area contributed by atoms with Gasteiger partial charge in [-0.3, -0.25) is 4.40 Å². The first-order valence-corrected chi connectivity index (χ1v) is 6.79. The van der Waals surface area contributed by atoms with Crippen molar-refractivity contribution in [2.75, 3.05) is 0 Å². The Morgan fingerprint density at radius 1 is 1.16 bits per heavy atom. The average Bonchev–Trinajstić information content (AvgIpc) is 2.90. The molecule has 0 bridgehead atoms. The Labute approximate surface area is 137 Å². The van der Waals surface area contributed by atoms with Crippen LogP contribution in [0, 0.1) is 0 Å². The number of aromatic carboxylic acids is 1. The molecule has 0 atom stereocenters. The molecule has 0 fully saturated rings. The van der Waals surface area contributed by atoms with Gasteiger partial charge in [0.1, 0.15) is 11.4 Å². The number of nitrogens with zero attached hydrogens (tertiary/aromatic N) is 4. The normalized spacial score (nSPS) is 12.1. The molecule has 25 heavy (non-hydrogen) atoms. The van der Waals surface area contributed by atoms with Crippen molar-refractivity contribution in [1.82, 2.24) is 9.38 Å². The van der Waals surface area contributed by atoms with E-state index in [1.54, 1.807) is 0 Å². The van der Waals surface area contributed by atoms with Gasteiger partial charge in [-0.2, -0.15) is 13.2 Å². The molecular weight excluding hydrogens is 341 g/mol. The number of carbonyl (C=O) groups is 1. The number of phenolic OH excluding ortho intramolecular Hbond substituents is 1. The molecule has 0 amide bonds. The monoisotopic (exact) mass is 350 g/mol. The smallest absolute Gasteiger partial charge is 0.417 e. The van der Waals surface area contributed by atoms with Crippen LogP contribution >= 0.6 is 0 Å². The van der Waals surface area contributed by atoms with Crippen LogP contribution in [0.2, 0.25) is 0 Å². The van der Waals surface area contributed by atoms with Crippen molar-refractivity contribution in [2.45, 2.75) is 6.18 Å². The minimum atomic E-state index is -4.61. The SMILES string of the molecule is O=C(O)c1nc2ccc(C(F)(F)F)cn2c1N=Nc1cccc(O)c1. The lowest BCUT2D eigenvalue weighted by Crippen LogP contribution is -2.06. The maximum absolute atomic E-state index is 12.9. The molecule has 1 aromatic carbocycles. The summed E-state index contributed by atoms with van der Waals surface area (Å²) < 4.78 is 39.5. The summed E-state index contributed by atoms with van der Waals surface area (Å²) >= 11 is 0. The molecule has 0 aliphatic rings. The quantitative estimate of drug-likeness (QED) is 0.692. The van der Waals surface area contributed by atoms with Crippen LogP contribution in [0.15, 0.2) is 52.8 Å². The van der Waals surface area contributed by atoms with Gasteiger partial charge in [-0.05, 0) is 24.3 Å². The summed E-state index contributed by atoms with van der Waals surface area (Å²) in [5.74, 6) is -1.91.